The van der Waals surface area contributed by atoms with Crippen LogP contribution in [-0.4, -0.2) is 53.6 Å². The Hall–Kier alpha value is -2.89. The minimum atomic E-state index is -0.156. The second kappa shape index (κ2) is 7.79. The maximum absolute atomic E-state index is 12.3. The van der Waals surface area contributed by atoms with Gasteiger partial charge in [-0.3, -0.25) is 14.4 Å². The highest BCUT2D eigenvalue weighted by Crippen LogP contribution is 2.12. The van der Waals surface area contributed by atoms with E-state index in [9.17, 15) is 14.4 Å². The van der Waals surface area contributed by atoms with Crippen LogP contribution in [0.3, 0.4) is 0 Å². The molecule has 0 N–H and O–H groups in total. The lowest BCUT2D eigenvalue weighted by Crippen LogP contribution is -2.50. The summed E-state index contributed by atoms with van der Waals surface area (Å²) in [5.74, 6) is 0.0829. The van der Waals surface area contributed by atoms with E-state index in [1.54, 1.807) is 34.1 Å². The number of hydrogen-bond acceptors (Lipinski definition) is 4. The van der Waals surface area contributed by atoms with Crippen LogP contribution >= 0.6 is 0 Å². The molecule has 0 bridgehead atoms. The first-order valence-electron chi connectivity index (χ1n) is 8.34. The van der Waals surface area contributed by atoms with Gasteiger partial charge in [-0.15, -0.1) is 0 Å². The Labute approximate surface area is 146 Å². The molecule has 3 rings (SSSR count). The third-order valence-electron chi connectivity index (χ3n) is 4.31. The zero-order valence-corrected chi connectivity index (χ0v) is 13.9. The molecule has 0 spiro atoms. The van der Waals surface area contributed by atoms with Crippen LogP contribution in [0.4, 0.5) is 0 Å². The molecule has 1 aliphatic rings. The predicted molar refractivity (Wildman–Crippen MR) is 91.2 cm³/mol. The summed E-state index contributed by atoms with van der Waals surface area (Å²) in [6.07, 6.45) is 1.87. The van der Waals surface area contributed by atoms with Crippen LogP contribution in [0, 0.1) is 0 Å². The van der Waals surface area contributed by atoms with Gasteiger partial charge in [0.1, 0.15) is 0 Å². The summed E-state index contributed by atoms with van der Waals surface area (Å²) < 4.78 is 5.12. The van der Waals surface area contributed by atoms with Crippen LogP contribution in [0.25, 0.3) is 0 Å². The second-order valence-electron chi connectivity index (χ2n) is 5.94. The minimum Gasteiger partial charge on any atom is -0.459 e. The van der Waals surface area contributed by atoms with E-state index in [4.69, 9.17) is 4.42 Å². The Morgan fingerprint density at radius 1 is 0.840 bits per heavy atom. The third-order valence-corrected chi connectivity index (χ3v) is 4.31. The van der Waals surface area contributed by atoms with E-state index < -0.39 is 0 Å². The van der Waals surface area contributed by atoms with Gasteiger partial charge < -0.3 is 14.2 Å². The standard InChI is InChI=1S/C19H20N2O4/c22-16(15-5-2-1-3-6-15)8-9-18(23)20-10-12-21(13-11-20)19(24)17-7-4-14-25-17/h1-7,14H,8-13H2. The smallest absolute Gasteiger partial charge is 0.289 e. The number of piperazine rings is 1. The van der Waals surface area contributed by atoms with Gasteiger partial charge in [0.15, 0.2) is 11.5 Å². The van der Waals surface area contributed by atoms with Crippen molar-refractivity contribution in [3.05, 3.63) is 60.1 Å². The fourth-order valence-corrected chi connectivity index (χ4v) is 2.86. The van der Waals surface area contributed by atoms with Crippen molar-refractivity contribution in [2.24, 2.45) is 0 Å². The molecule has 1 aromatic heterocycles. The summed E-state index contributed by atoms with van der Waals surface area (Å²) in [6.45, 7) is 1.89. The molecule has 0 atom stereocenters. The SMILES string of the molecule is O=C(CCC(=O)N1CCN(C(=O)c2ccco2)CC1)c1ccccc1. The molecule has 2 amide bonds. The summed E-state index contributed by atoms with van der Waals surface area (Å²) in [4.78, 5) is 39.9. The Bertz CT molecular complexity index is 732. The fraction of sp³-hybridized carbons (Fsp3) is 0.316. The first-order valence-corrected chi connectivity index (χ1v) is 8.34. The van der Waals surface area contributed by atoms with Crippen LogP contribution < -0.4 is 0 Å². The number of furan rings is 1. The van der Waals surface area contributed by atoms with E-state index in [1.165, 1.54) is 6.26 Å². The lowest BCUT2D eigenvalue weighted by Gasteiger charge is -2.34. The van der Waals surface area contributed by atoms with Gasteiger partial charge >= 0.3 is 0 Å². The topological polar surface area (TPSA) is 70.8 Å². The third kappa shape index (κ3) is 4.15. The summed E-state index contributed by atoms with van der Waals surface area (Å²) in [7, 11) is 0. The van der Waals surface area contributed by atoms with E-state index >= 15 is 0 Å². The van der Waals surface area contributed by atoms with Crippen molar-refractivity contribution < 1.29 is 18.8 Å². The summed E-state index contributed by atoms with van der Waals surface area (Å²) >= 11 is 0. The van der Waals surface area contributed by atoms with Gasteiger partial charge in [0.05, 0.1) is 6.26 Å². The molecule has 1 aliphatic heterocycles. The number of hydrogen-bond donors (Lipinski definition) is 0. The lowest BCUT2D eigenvalue weighted by atomic mass is 10.1. The van der Waals surface area contributed by atoms with Crippen molar-refractivity contribution in [1.82, 2.24) is 9.80 Å². The number of nitrogens with zero attached hydrogens (tertiary/aromatic N) is 2. The van der Waals surface area contributed by atoms with Crippen LogP contribution in [0.2, 0.25) is 0 Å². The molecule has 2 aromatic rings. The number of amides is 2. The lowest BCUT2D eigenvalue weighted by molar-refractivity contribution is -0.132. The molecular formula is C19H20N2O4. The number of rotatable bonds is 5. The van der Waals surface area contributed by atoms with Crippen LogP contribution in [-0.2, 0) is 4.79 Å². The minimum absolute atomic E-state index is 0.0272. The van der Waals surface area contributed by atoms with Crippen LogP contribution in [0.5, 0.6) is 0 Å². The number of carbonyl (C=O) groups excluding carboxylic acids is 3. The van der Waals surface area contributed by atoms with E-state index in [2.05, 4.69) is 0 Å². The molecule has 0 unspecified atom stereocenters. The molecule has 0 aliphatic carbocycles. The highest BCUT2D eigenvalue weighted by atomic mass is 16.3. The van der Waals surface area contributed by atoms with E-state index in [0.717, 1.165) is 0 Å². The quantitative estimate of drug-likeness (QED) is 0.783. The first kappa shape index (κ1) is 17.0. The summed E-state index contributed by atoms with van der Waals surface area (Å²) in [5.41, 5.74) is 0.629. The van der Waals surface area contributed by atoms with Gasteiger partial charge in [-0.1, -0.05) is 30.3 Å². The monoisotopic (exact) mass is 340 g/mol. The predicted octanol–water partition coefficient (Wildman–Crippen LogP) is 2.23. The Morgan fingerprint density at radius 2 is 1.52 bits per heavy atom. The van der Waals surface area contributed by atoms with Gasteiger partial charge in [0, 0.05) is 44.6 Å². The normalized spacial score (nSPS) is 14.4. The van der Waals surface area contributed by atoms with Crippen LogP contribution in [0.15, 0.2) is 53.1 Å². The molecule has 0 saturated carbocycles. The fourth-order valence-electron chi connectivity index (χ4n) is 2.86. The molecule has 130 valence electrons. The zero-order valence-electron chi connectivity index (χ0n) is 13.9. The summed E-state index contributed by atoms with van der Waals surface area (Å²) in [6, 6.07) is 12.3. The van der Waals surface area contributed by atoms with Gasteiger partial charge in [-0.25, -0.2) is 0 Å². The van der Waals surface area contributed by atoms with Crippen molar-refractivity contribution in [3.8, 4) is 0 Å². The van der Waals surface area contributed by atoms with Crippen LogP contribution in [0.1, 0.15) is 33.8 Å². The molecule has 2 heterocycles. The molecule has 25 heavy (non-hydrogen) atoms. The maximum Gasteiger partial charge on any atom is 0.289 e. The number of carbonyl (C=O) groups is 3. The number of Topliss-reactive ketones (excluding diaryl/α,β-unsaturated/α-hetero) is 1. The Balaban J connectivity index is 1.45. The van der Waals surface area contributed by atoms with Gasteiger partial charge in [0.2, 0.25) is 5.91 Å². The van der Waals surface area contributed by atoms with Crippen molar-refractivity contribution in [2.75, 3.05) is 26.2 Å². The Morgan fingerprint density at radius 3 is 2.16 bits per heavy atom. The Kier molecular flexibility index (Phi) is 5.28. The molecule has 6 heteroatoms. The zero-order chi connectivity index (χ0) is 17.6. The van der Waals surface area contributed by atoms with E-state index in [1.807, 2.05) is 18.2 Å². The van der Waals surface area contributed by atoms with Crippen molar-refractivity contribution in [1.29, 1.82) is 0 Å². The molecular weight excluding hydrogens is 320 g/mol. The molecule has 1 saturated heterocycles. The van der Waals surface area contributed by atoms with Crippen molar-refractivity contribution in [3.63, 3.8) is 0 Å². The average Bonchev–Trinajstić information content (AvgIpc) is 3.21. The molecule has 0 radical (unpaired) electrons. The largest absolute Gasteiger partial charge is 0.459 e. The average molecular weight is 340 g/mol. The van der Waals surface area contributed by atoms with Crippen molar-refractivity contribution in [2.45, 2.75) is 12.8 Å². The number of benzene rings is 1. The second-order valence-corrected chi connectivity index (χ2v) is 5.94. The molecule has 6 nitrogen and oxygen atoms in total. The van der Waals surface area contributed by atoms with Gasteiger partial charge in [-0.2, -0.15) is 0 Å². The highest BCUT2D eigenvalue weighted by Gasteiger charge is 2.26. The summed E-state index contributed by atoms with van der Waals surface area (Å²) in [5, 5.41) is 0. The van der Waals surface area contributed by atoms with E-state index in [-0.39, 0.29) is 30.4 Å². The van der Waals surface area contributed by atoms with Gasteiger partial charge in [0.25, 0.3) is 5.91 Å². The highest BCUT2D eigenvalue weighted by molar-refractivity contribution is 5.98. The maximum atomic E-state index is 12.3. The van der Waals surface area contributed by atoms with Gasteiger partial charge in [-0.05, 0) is 12.1 Å². The van der Waals surface area contributed by atoms with E-state index in [0.29, 0.717) is 37.5 Å². The van der Waals surface area contributed by atoms with Crippen molar-refractivity contribution >= 4 is 17.6 Å². The molecule has 1 fully saturated rings. The number of ketones is 1. The first-order chi connectivity index (χ1) is 12.1. The molecule has 1 aromatic carbocycles.